The molecule has 9 nitrogen and oxygen atoms in total. The van der Waals surface area contributed by atoms with E-state index in [1.807, 2.05) is 0 Å². The maximum absolute atomic E-state index is 13.8. The summed E-state index contributed by atoms with van der Waals surface area (Å²) in [5.74, 6) is -2.70. The molecule has 2 aromatic rings. The monoisotopic (exact) mass is 599 g/mol. The third-order valence-electron chi connectivity index (χ3n) is 5.42. The molecule has 1 unspecified atom stereocenters. The average molecular weight is 600 g/mol. The van der Waals surface area contributed by atoms with E-state index in [2.05, 4.69) is 14.7 Å². The molecular weight excluding hydrogens is 572 g/mol. The van der Waals surface area contributed by atoms with Gasteiger partial charge in [-0.2, -0.15) is 13.2 Å². The molecule has 1 aromatic heterocycles. The van der Waals surface area contributed by atoms with Crippen LogP contribution in [0.15, 0.2) is 41.7 Å². The molecule has 0 spiro atoms. The molecule has 216 valence electrons. The van der Waals surface area contributed by atoms with Crippen molar-refractivity contribution in [2.45, 2.75) is 44.8 Å². The summed E-state index contributed by atoms with van der Waals surface area (Å²) in [5, 5.41) is 7.89. The lowest BCUT2D eigenvalue weighted by Crippen LogP contribution is -2.37. The van der Waals surface area contributed by atoms with Crippen LogP contribution in [0.2, 0.25) is 0 Å². The minimum atomic E-state index is -4.80. The molecule has 0 saturated carbocycles. The fraction of sp³-hybridized carbons (Fsp3) is 0.478. The number of hydrogen-bond acceptors (Lipinski definition) is 8. The summed E-state index contributed by atoms with van der Waals surface area (Å²) in [6.07, 6.45) is -2.68. The van der Waals surface area contributed by atoms with Crippen molar-refractivity contribution in [3.8, 4) is 16.3 Å². The van der Waals surface area contributed by atoms with Crippen LogP contribution in [0.5, 0.6) is 5.75 Å². The molecule has 2 atom stereocenters. The zero-order valence-electron chi connectivity index (χ0n) is 20.9. The second-order valence-corrected chi connectivity index (χ2v) is 11.4. The highest BCUT2D eigenvalue weighted by atomic mass is 32.1. The highest BCUT2D eigenvalue weighted by Gasteiger charge is 2.36. The standard InChI is InChI=1S/C23H27F5N3O6PS/c1-13-9-16(24)19(25)18(10-13)36-8-4-3-7-35-17-6-5-14(11-15(17)23(26,27)28)20-30-31-21(39-20)22(2,29)12-37-38(32,33)34/h5-6,10-11,13H,3-4,7-9,12,29H2,1-2H3,(H2,32,33,34)/t13?,22-/m0/s1. The SMILES string of the molecule is CC1C=C(OCCCCOc2ccc(-c3nnc([C@@](C)(N)COP(=O)(O)O)s3)cc2C(F)(F)F)C(F)=C(F)C1. The second kappa shape index (κ2) is 12.4. The Hall–Kier alpha value is -2.42. The average Bonchev–Trinajstić information content (AvgIpc) is 3.33. The third kappa shape index (κ3) is 8.78. The molecule has 0 radical (unpaired) electrons. The first-order valence-corrected chi connectivity index (χ1v) is 14.0. The molecule has 1 heterocycles. The van der Waals surface area contributed by atoms with Crippen molar-refractivity contribution >= 4 is 19.2 Å². The van der Waals surface area contributed by atoms with E-state index in [4.69, 9.17) is 25.0 Å². The van der Waals surface area contributed by atoms with Crippen LogP contribution in [0.1, 0.15) is 43.7 Å². The molecule has 0 aliphatic heterocycles. The van der Waals surface area contributed by atoms with Crippen molar-refractivity contribution in [1.82, 2.24) is 10.2 Å². The van der Waals surface area contributed by atoms with Crippen LogP contribution >= 0.6 is 19.2 Å². The minimum absolute atomic E-state index is 0.0339. The number of unbranched alkanes of at least 4 members (excludes halogenated alkanes) is 1. The summed E-state index contributed by atoms with van der Waals surface area (Å²) < 4.78 is 94.6. The molecule has 0 amide bonds. The lowest BCUT2D eigenvalue weighted by molar-refractivity contribution is -0.138. The van der Waals surface area contributed by atoms with E-state index >= 15 is 0 Å². The first-order chi connectivity index (χ1) is 18.1. The molecule has 0 bridgehead atoms. The number of hydrogen-bond donors (Lipinski definition) is 3. The van der Waals surface area contributed by atoms with Crippen molar-refractivity contribution in [2.24, 2.45) is 11.7 Å². The van der Waals surface area contributed by atoms with Crippen LogP contribution in [0.4, 0.5) is 22.0 Å². The molecule has 1 aromatic carbocycles. The van der Waals surface area contributed by atoms with Gasteiger partial charge in [0.1, 0.15) is 21.6 Å². The van der Waals surface area contributed by atoms with Crippen molar-refractivity contribution in [3.05, 3.63) is 52.3 Å². The van der Waals surface area contributed by atoms with Gasteiger partial charge in [0.25, 0.3) is 0 Å². The van der Waals surface area contributed by atoms with Gasteiger partial charge in [-0.1, -0.05) is 18.3 Å². The fourth-order valence-electron chi connectivity index (χ4n) is 3.44. The Morgan fingerprint density at radius 2 is 1.82 bits per heavy atom. The molecule has 3 rings (SSSR count). The van der Waals surface area contributed by atoms with Crippen molar-refractivity contribution in [2.75, 3.05) is 19.8 Å². The van der Waals surface area contributed by atoms with E-state index in [0.717, 1.165) is 23.5 Å². The van der Waals surface area contributed by atoms with E-state index in [-0.39, 0.29) is 46.9 Å². The Labute approximate surface area is 224 Å². The third-order valence-corrected chi connectivity index (χ3v) is 7.14. The van der Waals surface area contributed by atoms with Gasteiger partial charge in [-0.05, 0) is 50.0 Å². The van der Waals surface area contributed by atoms with E-state index in [0.29, 0.717) is 12.8 Å². The first kappa shape index (κ1) is 31.1. The maximum atomic E-state index is 13.8. The van der Waals surface area contributed by atoms with Gasteiger partial charge in [0.15, 0.2) is 11.6 Å². The number of rotatable bonds is 12. The molecule has 39 heavy (non-hydrogen) atoms. The summed E-state index contributed by atoms with van der Waals surface area (Å²) in [7, 11) is -4.80. The summed E-state index contributed by atoms with van der Waals surface area (Å²) in [6.45, 7) is 2.45. The summed E-state index contributed by atoms with van der Waals surface area (Å²) in [4.78, 5) is 17.8. The zero-order valence-corrected chi connectivity index (χ0v) is 22.6. The Bertz CT molecular complexity index is 1280. The highest BCUT2D eigenvalue weighted by Crippen LogP contribution is 2.41. The number of phosphoric acid groups is 1. The second-order valence-electron chi connectivity index (χ2n) is 9.14. The number of allylic oxidation sites excluding steroid dienone is 3. The van der Waals surface area contributed by atoms with E-state index < -0.39 is 49.1 Å². The van der Waals surface area contributed by atoms with Crippen LogP contribution in [0, 0.1) is 5.92 Å². The summed E-state index contributed by atoms with van der Waals surface area (Å²) in [5.41, 5.74) is 3.58. The smallest absolute Gasteiger partial charge is 0.469 e. The topological polar surface area (TPSA) is 137 Å². The van der Waals surface area contributed by atoms with Gasteiger partial charge < -0.3 is 25.0 Å². The van der Waals surface area contributed by atoms with Crippen LogP contribution in [-0.2, 0) is 25.5 Å². The quantitative estimate of drug-likeness (QED) is 0.158. The Kier molecular flexibility index (Phi) is 9.89. The Morgan fingerprint density at radius 3 is 2.46 bits per heavy atom. The summed E-state index contributed by atoms with van der Waals surface area (Å²) in [6, 6.07) is 3.35. The van der Waals surface area contributed by atoms with Crippen molar-refractivity contribution in [3.63, 3.8) is 0 Å². The van der Waals surface area contributed by atoms with E-state index in [9.17, 15) is 26.5 Å². The van der Waals surface area contributed by atoms with Gasteiger partial charge in [0.05, 0.1) is 30.9 Å². The number of ether oxygens (including phenoxy) is 2. The van der Waals surface area contributed by atoms with Gasteiger partial charge in [0, 0.05) is 12.0 Å². The molecule has 1 aliphatic carbocycles. The predicted octanol–water partition coefficient (Wildman–Crippen LogP) is 5.76. The normalized spacial score (nSPS) is 18.1. The largest absolute Gasteiger partial charge is 0.493 e. The lowest BCUT2D eigenvalue weighted by Gasteiger charge is -2.21. The van der Waals surface area contributed by atoms with Gasteiger partial charge >= 0.3 is 14.0 Å². The number of phosphoric ester groups is 1. The lowest BCUT2D eigenvalue weighted by atomic mass is 10.0. The fourth-order valence-corrected chi connectivity index (χ4v) is 4.76. The molecule has 4 N–H and O–H groups in total. The summed E-state index contributed by atoms with van der Waals surface area (Å²) >= 11 is 0.847. The number of alkyl halides is 3. The van der Waals surface area contributed by atoms with E-state index in [1.165, 1.54) is 19.1 Å². The van der Waals surface area contributed by atoms with Gasteiger partial charge in [-0.15, -0.1) is 10.2 Å². The molecule has 0 saturated heterocycles. The molecule has 1 aliphatic rings. The number of aromatic nitrogens is 2. The zero-order chi connectivity index (χ0) is 29.0. The Morgan fingerprint density at radius 1 is 1.15 bits per heavy atom. The molecule has 16 heteroatoms. The Balaban J connectivity index is 1.62. The first-order valence-electron chi connectivity index (χ1n) is 11.6. The van der Waals surface area contributed by atoms with Crippen LogP contribution < -0.4 is 10.5 Å². The maximum Gasteiger partial charge on any atom is 0.469 e. The van der Waals surface area contributed by atoms with Crippen molar-refractivity contribution < 1.29 is 50.3 Å². The van der Waals surface area contributed by atoms with Crippen LogP contribution in [0.25, 0.3) is 10.6 Å². The van der Waals surface area contributed by atoms with Gasteiger partial charge in [-0.25, -0.2) is 13.3 Å². The predicted molar refractivity (Wildman–Crippen MR) is 132 cm³/mol. The van der Waals surface area contributed by atoms with E-state index in [1.54, 1.807) is 6.92 Å². The number of nitrogens with zero attached hydrogens (tertiary/aromatic N) is 2. The van der Waals surface area contributed by atoms with Crippen molar-refractivity contribution in [1.29, 1.82) is 0 Å². The van der Waals surface area contributed by atoms with Gasteiger partial charge in [-0.3, -0.25) is 4.52 Å². The van der Waals surface area contributed by atoms with Crippen LogP contribution in [-0.4, -0.2) is 39.8 Å². The van der Waals surface area contributed by atoms with Crippen LogP contribution in [0.3, 0.4) is 0 Å². The minimum Gasteiger partial charge on any atom is -0.493 e. The number of halogens is 5. The number of benzene rings is 1. The molecular formula is C23H27F5N3O6PS. The molecule has 0 fully saturated rings. The number of nitrogens with two attached hydrogens (primary N) is 1. The van der Waals surface area contributed by atoms with Gasteiger partial charge in [0.2, 0.25) is 0 Å². The highest BCUT2D eigenvalue weighted by molar-refractivity contribution is 7.46.